The van der Waals surface area contributed by atoms with E-state index in [2.05, 4.69) is 15.6 Å². The molecular weight excluding hydrogens is 443 g/mol. The van der Waals surface area contributed by atoms with Crippen LogP contribution in [0.25, 0.3) is 0 Å². The normalized spacial score (nSPS) is 11.7. The number of nitrogens with one attached hydrogen (secondary N) is 2. The standard InChI is InChI=1S/C15H20N4O3S.HI/c1-17-15(18-9-8-13-3-2-10-22-13)19-11-12-4-6-14(7-5-12)23(16,20)21;/h2-7,10H,8-9,11H2,1H3,(H2,16,20,21)(H2,17,18,19);1H. The van der Waals surface area contributed by atoms with Gasteiger partial charge in [0.05, 0.1) is 11.2 Å². The minimum Gasteiger partial charge on any atom is -0.469 e. The number of rotatable bonds is 6. The Hall–Kier alpha value is -1.59. The van der Waals surface area contributed by atoms with E-state index in [0.717, 1.165) is 17.7 Å². The Morgan fingerprint density at radius 3 is 2.46 bits per heavy atom. The van der Waals surface area contributed by atoms with Gasteiger partial charge < -0.3 is 15.1 Å². The first-order valence-corrected chi connectivity index (χ1v) is 8.62. The fourth-order valence-electron chi connectivity index (χ4n) is 1.96. The molecule has 7 nitrogen and oxygen atoms in total. The van der Waals surface area contributed by atoms with Crippen LogP contribution >= 0.6 is 24.0 Å². The molecule has 0 aliphatic carbocycles. The lowest BCUT2D eigenvalue weighted by Crippen LogP contribution is -2.37. The third-order valence-corrected chi connectivity index (χ3v) is 4.11. The van der Waals surface area contributed by atoms with E-state index in [0.29, 0.717) is 19.0 Å². The Morgan fingerprint density at radius 2 is 1.92 bits per heavy atom. The van der Waals surface area contributed by atoms with Crippen molar-refractivity contribution in [1.82, 2.24) is 10.6 Å². The summed E-state index contributed by atoms with van der Waals surface area (Å²) >= 11 is 0. The van der Waals surface area contributed by atoms with Crippen molar-refractivity contribution in [1.29, 1.82) is 0 Å². The summed E-state index contributed by atoms with van der Waals surface area (Å²) in [4.78, 5) is 4.23. The largest absolute Gasteiger partial charge is 0.469 e. The van der Waals surface area contributed by atoms with Crippen LogP contribution in [0.4, 0.5) is 0 Å². The molecule has 0 aliphatic rings. The van der Waals surface area contributed by atoms with Gasteiger partial charge in [0.1, 0.15) is 5.76 Å². The van der Waals surface area contributed by atoms with Crippen molar-refractivity contribution in [3.63, 3.8) is 0 Å². The number of primary sulfonamides is 1. The lowest BCUT2D eigenvalue weighted by molar-refractivity contribution is 0.507. The molecule has 1 aromatic heterocycles. The van der Waals surface area contributed by atoms with Gasteiger partial charge in [-0.2, -0.15) is 0 Å². The van der Waals surface area contributed by atoms with Gasteiger partial charge in [0.25, 0.3) is 0 Å². The molecule has 132 valence electrons. The second-order valence-corrected chi connectivity index (χ2v) is 6.43. The summed E-state index contributed by atoms with van der Waals surface area (Å²) in [5.41, 5.74) is 0.923. The second-order valence-electron chi connectivity index (χ2n) is 4.87. The molecule has 0 atom stereocenters. The molecule has 9 heteroatoms. The van der Waals surface area contributed by atoms with Gasteiger partial charge in [0.15, 0.2) is 5.96 Å². The van der Waals surface area contributed by atoms with Gasteiger partial charge in [-0.05, 0) is 29.8 Å². The molecule has 0 unspecified atom stereocenters. The summed E-state index contributed by atoms with van der Waals surface area (Å²) in [6.45, 7) is 1.21. The number of nitrogens with two attached hydrogens (primary N) is 1. The number of hydrogen-bond donors (Lipinski definition) is 3. The average molecular weight is 464 g/mol. The Morgan fingerprint density at radius 1 is 1.21 bits per heavy atom. The van der Waals surface area contributed by atoms with E-state index in [4.69, 9.17) is 9.56 Å². The lowest BCUT2D eigenvalue weighted by atomic mass is 10.2. The van der Waals surface area contributed by atoms with E-state index < -0.39 is 10.0 Å². The predicted molar refractivity (Wildman–Crippen MR) is 104 cm³/mol. The van der Waals surface area contributed by atoms with Gasteiger partial charge >= 0.3 is 0 Å². The van der Waals surface area contributed by atoms with Crippen molar-refractivity contribution in [2.75, 3.05) is 13.6 Å². The number of nitrogens with zero attached hydrogens (tertiary/aromatic N) is 1. The van der Waals surface area contributed by atoms with E-state index >= 15 is 0 Å². The highest BCUT2D eigenvalue weighted by Gasteiger charge is 2.07. The molecule has 0 amide bonds. The van der Waals surface area contributed by atoms with Crippen molar-refractivity contribution >= 4 is 40.0 Å². The number of halogens is 1. The molecular formula is C15H21IN4O3S. The zero-order chi connectivity index (χ0) is 16.7. The van der Waals surface area contributed by atoms with Crippen LogP contribution in [0.2, 0.25) is 0 Å². The first-order chi connectivity index (χ1) is 11.0. The maximum absolute atomic E-state index is 11.2. The topological polar surface area (TPSA) is 110 Å². The van der Waals surface area contributed by atoms with Crippen LogP contribution in [0.15, 0.2) is 57.0 Å². The SMILES string of the molecule is CN=C(NCCc1ccco1)NCc1ccc(S(N)(=O)=O)cc1.I. The Labute approximate surface area is 158 Å². The highest BCUT2D eigenvalue weighted by molar-refractivity contribution is 14.0. The zero-order valence-corrected chi connectivity index (χ0v) is 16.4. The van der Waals surface area contributed by atoms with Crippen molar-refractivity contribution in [2.45, 2.75) is 17.9 Å². The molecule has 0 saturated carbocycles. The minimum absolute atomic E-state index is 0. The molecule has 1 aromatic carbocycles. The van der Waals surface area contributed by atoms with Crippen LogP contribution in [-0.4, -0.2) is 28.0 Å². The molecule has 0 spiro atoms. The molecule has 4 N–H and O–H groups in total. The van der Waals surface area contributed by atoms with E-state index in [1.54, 1.807) is 25.4 Å². The molecule has 0 bridgehead atoms. The first-order valence-electron chi connectivity index (χ1n) is 7.07. The van der Waals surface area contributed by atoms with Gasteiger partial charge in [-0.1, -0.05) is 12.1 Å². The van der Waals surface area contributed by atoms with Gasteiger partial charge in [-0.15, -0.1) is 24.0 Å². The first kappa shape index (κ1) is 20.5. The maximum atomic E-state index is 11.2. The highest BCUT2D eigenvalue weighted by Crippen LogP contribution is 2.08. The zero-order valence-electron chi connectivity index (χ0n) is 13.2. The third kappa shape index (κ3) is 6.49. The van der Waals surface area contributed by atoms with Crippen molar-refractivity contribution in [2.24, 2.45) is 10.1 Å². The van der Waals surface area contributed by atoms with Crippen LogP contribution in [0.1, 0.15) is 11.3 Å². The van der Waals surface area contributed by atoms with E-state index in [9.17, 15) is 8.42 Å². The van der Waals surface area contributed by atoms with Crippen molar-refractivity contribution < 1.29 is 12.8 Å². The smallest absolute Gasteiger partial charge is 0.238 e. The molecule has 2 aromatic rings. The number of hydrogen-bond acceptors (Lipinski definition) is 4. The van der Waals surface area contributed by atoms with Gasteiger partial charge in [-0.25, -0.2) is 13.6 Å². The van der Waals surface area contributed by atoms with Crippen LogP contribution in [0.3, 0.4) is 0 Å². The quantitative estimate of drug-likeness (QED) is 0.341. The number of furan rings is 1. The molecule has 24 heavy (non-hydrogen) atoms. The van der Waals surface area contributed by atoms with Crippen molar-refractivity contribution in [3.05, 3.63) is 54.0 Å². The summed E-state index contributed by atoms with van der Waals surface area (Å²) in [6, 6.07) is 10.2. The highest BCUT2D eigenvalue weighted by atomic mass is 127. The number of benzene rings is 1. The van der Waals surface area contributed by atoms with Crippen LogP contribution < -0.4 is 15.8 Å². The molecule has 0 saturated heterocycles. The molecule has 1 heterocycles. The fourth-order valence-corrected chi connectivity index (χ4v) is 2.48. The van der Waals surface area contributed by atoms with Crippen molar-refractivity contribution in [3.8, 4) is 0 Å². The van der Waals surface area contributed by atoms with Gasteiger partial charge in [-0.3, -0.25) is 4.99 Å². The summed E-state index contributed by atoms with van der Waals surface area (Å²) in [6.07, 6.45) is 2.41. The molecule has 0 aliphatic heterocycles. The minimum atomic E-state index is -3.65. The number of guanidine groups is 1. The van der Waals surface area contributed by atoms with E-state index in [1.807, 2.05) is 12.1 Å². The Kier molecular flexibility index (Phi) is 8.22. The lowest BCUT2D eigenvalue weighted by Gasteiger charge is -2.11. The summed E-state index contributed by atoms with van der Waals surface area (Å²) in [5.74, 6) is 1.57. The summed E-state index contributed by atoms with van der Waals surface area (Å²) < 4.78 is 27.7. The molecule has 2 rings (SSSR count). The summed E-state index contributed by atoms with van der Waals surface area (Å²) in [7, 11) is -1.97. The third-order valence-electron chi connectivity index (χ3n) is 3.18. The van der Waals surface area contributed by atoms with Gasteiger partial charge in [0, 0.05) is 26.6 Å². The average Bonchev–Trinajstić information content (AvgIpc) is 3.03. The Balaban J connectivity index is 0.00000288. The molecule has 0 fully saturated rings. The summed E-state index contributed by atoms with van der Waals surface area (Å²) in [5, 5.41) is 11.4. The second kappa shape index (κ2) is 9.64. The van der Waals surface area contributed by atoms with Gasteiger partial charge in [0.2, 0.25) is 10.0 Å². The number of sulfonamides is 1. The maximum Gasteiger partial charge on any atom is 0.238 e. The van der Waals surface area contributed by atoms with Crippen LogP contribution in [0.5, 0.6) is 0 Å². The van der Waals surface area contributed by atoms with E-state index in [1.165, 1.54) is 12.1 Å². The molecule has 0 radical (unpaired) electrons. The predicted octanol–water partition coefficient (Wildman–Crippen LogP) is 1.45. The fraction of sp³-hybridized carbons (Fsp3) is 0.267. The van der Waals surface area contributed by atoms with Crippen LogP contribution in [0, 0.1) is 0 Å². The monoisotopic (exact) mass is 464 g/mol. The van der Waals surface area contributed by atoms with Crippen LogP contribution in [-0.2, 0) is 23.0 Å². The Bertz CT molecular complexity index is 744. The number of aliphatic imine (C=N–C) groups is 1. The van der Waals surface area contributed by atoms with E-state index in [-0.39, 0.29) is 28.9 Å².